The third kappa shape index (κ3) is 3.31. The average molecular weight is 256 g/mol. The normalized spacial score (nSPS) is 10.2. The number of nitrogens with two attached hydrogens (primary N) is 1. The van der Waals surface area contributed by atoms with Crippen molar-refractivity contribution in [2.75, 3.05) is 5.73 Å². The number of benzene rings is 1. The molecule has 0 unspecified atom stereocenters. The van der Waals surface area contributed by atoms with Gasteiger partial charge in [0.05, 0.1) is 23.1 Å². The molecule has 2 aromatic rings. The van der Waals surface area contributed by atoms with E-state index in [-0.39, 0.29) is 6.61 Å². The molecule has 2 rings (SSSR count). The summed E-state index contributed by atoms with van der Waals surface area (Å²) in [4.78, 5) is 16.0. The van der Waals surface area contributed by atoms with Crippen molar-refractivity contribution in [3.8, 4) is 0 Å². The second-order valence-corrected chi connectivity index (χ2v) is 4.46. The quantitative estimate of drug-likeness (QED) is 0.857. The van der Waals surface area contributed by atoms with Gasteiger partial charge in [0.15, 0.2) is 0 Å². The molecule has 1 aromatic heterocycles. The van der Waals surface area contributed by atoms with E-state index >= 15 is 0 Å². The molecule has 98 valence electrons. The molecule has 0 saturated heterocycles. The van der Waals surface area contributed by atoms with Crippen molar-refractivity contribution < 1.29 is 9.53 Å². The first-order valence-electron chi connectivity index (χ1n) is 6.01. The van der Waals surface area contributed by atoms with Crippen molar-refractivity contribution in [1.29, 1.82) is 0 Å². The fourth-order valence-corrected chi connectivity index (χ4v) is 1.67. The predicted octanol–water partition coefficient (Wildman–Crippen LogP) is 2.64. The monoisotopic (exact) mass is 256 g/mol. The average Bonchev–Trinajstić information content (AvgIpc) is 2.40. The number of anilines is 1. The van der Waals surface area contributed by atoms with Crippen LogP contribution in [-0.4, -0.2) is 11.0 Å². The Morgan fingerprint density at radius 2 is 1.95 bits per heavy atom. The lowest BCUT2D eigenvalue weighted by atomic mass is 10.1. The van der Waals surface area contributed by atoms with E-state index in [9.17, 15) is 4.79 Å². The molecule has 4 nitrogen and oxygen atoms in total. The first-order valence-corrected chi connectivity index (χ1v) is 6.01. The van der Waals surface area contributed by atoms with E-state index in [4.69, 9.17) is 10.5 Å². The van der Waals surface area contributed by atoms with Crippen molar-refractivity contribution in [3.05, 3.63) is 58.9 Å². The van der Waals surface area contributed by atoms with Gasteiger partial charge in [0.25, 0.3) is 0 Å². The largest absolute Gasteiger partial charge is 0.457 e. The Balaban J connectivity index is 2.05. The fourth-order valence-electron chi connectivity index (χ4n) is 1.67. The summed E-state index contributed by atoms with van der Waals surface area (Å²) in [5.74, 6) is -0.405. The minimum atomic E-state index is -0.405. The van der Waals surface area contributed by atoms with Crippen LogP contribution in [0, 0.1) is 13.8 Å². The van der Waals surface area contributed by atoms with Gasteiger partial charge in [0.1, 0.15) is 6.61 Å². The third-order valence-corrected chi connectivity index (χ3v) is 2.82. The van der Waals surface area contributed by atoms with E-state index < -0.39 is 5.97 Å². The maximum atomic E-state index is 11.9. The van der Waals surface area contributed by atoms with Gasteiger partial charge in [-0.15, -0.1) is 0 Å². The Hall–Kier alpha value is -2.36. The van der Waals surface area contributed by atoms with Crippen molar-refractivity contribution in [2.45, 2.75) is 20.5 Å². The Bertz CT molecular complexity index is 592. The van der Waals surface area contributed by atoms with Crippen LogP contribution in [0.4, 0.5) is 5.69 Å². The highest BCUT2D eigenvalue weighted by Gasteiger charge is 2.12. The lowest BCUT2D eigenvalue weighted by Gasteiger charge is -2.07. The summed E-state index contributed by atoms with van der Waals surface area (Å²) < 4.78 is 5.26. The standard InChI is InChI=1S/C15H16N2O2/c1-10-3-5-12(6-4-10)9-19-15(18)14-7-13(16)8-17-11(14)2/h3-8H,9,16H2,1-2H3. The summed E-state index contributed by atoms with van der Waals surface area (Å²) in [7, 11) is 0. The molecule has 0 radical (unpaired) electrons. The van der Waals surface area contributed by atoms with Crippen LogP contribution in [0.15, 0.2) is 36.5 Å². The molecule has 0 aliphatic carbocycles. The van der Waals surface area contributed by atoms with Gasteiger partial charge in [-0.25, -0.2) is 4.79 Å². The number of carbonyl (C=O) groups excluding carboxylic acids is 1. The highest BCUT2D eigenvalue weighted by Crippen LogP contribution is 2.12. The van der Waals surface area contributed by atoms with Gasteiger partial charge in [-0.05, 0) is 25.5 Å². The second-order valence-electron chi connectivity index (χ2n) is 4.46. The van der Waals surface area contributed by atoms with E-state index in [2.05, 4.69) is 4.98 Å². The van der Waals surface area contributed by atoms with Gasteiger partial charge in [0, 0.05) is 0 Å². The van der Waals surface area contributed by atoms with Gasteiger partial charge >= 0.3 is 5.97 Å². The zero-order valence-electron chi connectivity index (χ0n) is 11.0. The van der Waals surface area contributed by atoms with Gasteiger partial charge in [-0.3, -0.25) is 4.98 Å². The summed E-state index contributed by atoms with van der Waals surface area (Å²) in [6.45, 7) is 4.01. The number of ether oxygens (including phenoxy) is 1. The van der Waals surface area contributed by atoms with Gasteiger partial charge in [-0.2, -0.15) is 0 Å². The summed E-state index contributed by atoms with van der Waals surface area (Å²) in [5.41, 5.74) is 9.22. The molecule has 2 N–H and O–H groups in total. The first-order chi connectivity index (χ1) is 9.06. The molecule has 0 atom stereocenters. The summed E-state index contributed by atoms with van der Waals surface area (Å²) in [6, 6.07) is 9.42. The van der Waals surface area contributed by atoms with E-state index in [0.717, 1.165) is 5.56 Å². The number of nitrogens with zero attached hydrogens (tertiary/aromatic N) is 1. The van der Waals surface area contributed by atoms with Crippen LogP contribution in [0.25, 0.3) is 0 Å². The zero-order chi connectivity index (χ0) is 13.8. The molecule has 1 aromatic carbocycles. The van der Waals surface area contributed by atoms with E-state index in [1.807, 2.05) is 31.2 Å². The van der Waals surface area contributed by atoms with Crippen LogP contribution in [0.1, 0.15) is 27.2 Å². The molecule has 19 heavy (non-hydrogen) atoms. The van der Waals surface area contributed by atoms with E-state index in [1.165, 1.54) is 11.8 Å². The summed E-state index contributed by atoms with van der Waals surface area (Å²) in [6.07, 6.45) is 1.52. The van der Waals surface area contributed by atoms with Crippen LogP contribution in [-0.2, 0) is 11.3 Å². The molecule has 0 fully saturated rings. The predicted molar refractivity (Wildman–Crippen MR) is 73.7 cm³/mol. The molecule has 0 amide bonds. The number of aryl methyl sites for hydroxylation is 2. The van der Waals surface area contributed by atoms with Crippen molar-refractivity contribution >= 4 is 11.7 Å². The molecule has 4 heteroatoms. The van der Waals surface area contributed by atoms with Crippen LogP contribution < -0.4 is 5.73 Å². The number of hydrogen-bond acceptors (Lipinski definition) is 4. The highest BCUT2D eigenvalue weighted by atomic mass is 16.5. The maximum Gasteiger partial charge on any atom is 0.340 e. The molecule has 0 aliphatic heterocycles. The van der Waals surface area contributed by atoms with Gasteiger partial charge < -0.3 is 10.5 Å². The van der Waals surface area contributed by atoms with Crippen LogP contribution in [0.2, 0.25) is 0 Å². The van der Waals surface area contributed by atoms with E-state index in [0.29, 0.717) is 16.9 Å². The Morgan fingerprint density at radius 3 is 2.63 bits per heavy atom. The number of carbonyl (C=O) groups is 1. The lowest BCUT2D eigenvalue weighted by Crippen LogP contribution is -2.09. The smallest absolute Gasteiger partial charge is 0.340 e. The summed E-state index contributed by atoms with van der Waals surface area (Å²) >= 11 is 0. The minimum Gasteiger partial charge on any atom is -0.457 e. The molecule has 0 saturated carbocycles. The van der Waals surface area contributed by atoms with Crippen molar-refractivity contribution in [2.24, 2.45) is 0 Å². The molecule has 1 heterocycles. The van der Waals surface area contributed by atoms with E-state index in [1.54, 1.807) is 13.0 Å². The highest BCUT2D eigenvalue weighted by molar-refractivity contribution is 5.91. The topological polar surface area (TPSA) is 65.2 Å². The number of hydrogen-bond donors (Lipinski definition) is 1. The Morgan fingerprint density at radius 1 is 1.26 bits per heavy atom. The molecule has 0 bridgehead atoms. The second kappa shape index (κ2) is 5.52. The Kier molecular flexibility index (Phi) is 3.80. The van der Waals surface area contributed by atoms with Crippen LogP contribution in [0.5, 0.6) is 0 Å². The molecular formula is C15H16N2O2. The fraction of sp³-hybridized carbons (Fsp3) is 0.200. The minimum absolute atomic E-state index is 0.243. The number of aromatic nitrogens is 1. The van der Waals surface area contributed by atoms with Gasteiger partial charge in [-0.1, -0.05) is 29.8 Å². The van der Waals surface area contributed by atoms with Crippen LogP contribution in [0.3, 0.4) is 0 Å². The summed E-state index contributed by atoms with van der Waals surface area (Å²) in [5, 5.41) is 0. The Labute approximate surface area is 112 Å². The number of esters is 1. The zero-order valence-corrected chi connectivity index (χ0v) is 11.0. The van der Waals surface area contributed by atoms with Gasteiger partial charge in [0.2, 0.25) is 0 Å². The first kappa shape index (κ1) is 13.1. The molecular weight excluding hydrogens is 240 g/mol. The number of pyridine rings is 1. The van der Waals surface area contributed by atoms with Crippen molar-refractivity contribution in [3.63, 3.8) is 0 Å². The lowest BCUT2D eigenvalue weighted by molar-refractivity contribution is 0.0471. The van der Waals surface area contributed by atoms with Crippen molar-refractivity contribution in [1.82, 2.24) is 4.98 Å². The maximum absolute atomic E-state index is 11.9. The number of rotatable bonds is 3. The third-order valence-electron chi connectivity index (χ3n) is 2.82. The van der Waals surface area contributed by atoms with Crippen LogP contribution >= 0.6 is 0 Å². The molecule has 0 spiro atoms. The number of nitrogen functional groups attached to an aromatic ring is 1. The molecule has 0 aliphatic rings. The SMILES string of the molecule is Cc1ccc(COC(=O)c2cc(N)cnc2C)cc1.